The van der Waals surface area contributed by atoms with Gasteiger partial charge in [-0.05, 0) is 0 Å². The van der Waals surface area contributed by atoms with Crippen LogP contribution in [0.1, 0.15) is 13.3 Å². The molecule has 0 atom stereocenters. The molecule has 2 N–H and O–H groups in total. The van der Waals surface area contributed by atoms with Crippen molar-refractivity contribution < 1.29 is 14.3 Å². The molecule has 0 spiro atoms. The van der Waals surface area contributed by atoms with Gasteiger partial charge in [-0.2, -0.15) is 0 Å². The van der Waals surface area contributed by atoms with Crippen LogP contribution in [0.4, 0.5) is 4.79 Å². The highest BCUT2D eigenvalue weighted by atomic mass is 16.5. The Bertz CT molecular complexity index is 227. The van der Waals surface area contributed by atoms with Crippen LogP contribution in [0.2, 0.25) is 0 Å². The molecule has 0 aromatic carbocycles. The average Bonchev–Trinajstić information content (AvgIpc) is 2.27. The minimum atomic E-state index is -0.437. The molecule has 1 saturated heterocycles. The van der Waals surface area contributed by atoms with Gasteiger partial charge in [-0.25, -0.2) is 4.79 Å². The summed E-state index contributed by atoms with van der Waals surface area (Å²) in [6.07, 6.45) is 0.310. The van der Waals surface area contributed by atoms with Gasteiger partial charge in [0.1, 0.15) is 0 Å². The van der Waals surface area contributed by atoms with Crippen LogP contribution in [0.3, 0.4) is 0 Å². The Balaban J connectivity index is 2.12. The first-order valence-electron chi connectivity index (χ1n) is 5.10. The number of morpholine rings is 1. The topological polar surface area (TPSA) is 70.7 Å². The van der Waals surface area contributed by atoms with Gasteiger partial charge in [-0.15, -0.1) is 0 Å². The lowest BCUT2D eigenvalue weighted by Crippen LogP contribution is -2.47. The van der Waals surface area contributed by atoms with Gasteiger partial charge >= 0.3 is 6.03 Å². The number of carbonyl (C=O) groups excluding carboxylic acids is 2. The molecule has 1 rings (SSSR count). The van der Waals surface area contributed by atoms with Crippen molar-refractivity contribution in [3.8, 4) is 0 Å². The van der Waals surface area contributed by atoms with Gasteiger partial charge in [-0.3, -0.25) is 15.0 Å². The number of ether oxygens (including phenoxy) is 1. The van der Waals surface area contributed by atoms with Gasteiger partial charge < -0.3 is 10.1 Å². The molecule has 0 unspecified atom stereocenters. The van der Waals surface area contributed by atoms with Crippen molar-refractivity contribution in [3.05, 3.63) is 0 Å². The second-order valence-electron chi connectivity index (χ2n) is 3.30. The van der Waals surface area contributed by atoms with Gasteiger partial charge in [0.05, 0.1) is 19.9 Å². The Morgan fingerprint density at radius 1 is 1.33 bits per heavy atom. The number of rotatable bonds is 3. The van der Waals surface area contributed by atoms with E-state index in [1.165, 1.54) is 0 Å². The van der Waals surface area contributed by atoms with Crippen LogP contribution in [0.15, 0.2) is 0 Å². The van der Waals surface area contributed by atoms with Crippen molar-refractivity contribution >= 4 is 11.9 Å². The van der Waals surface area contributed by atoms with Crippen molar-refractivity contribution in [1.29, 1.82) is 0 Å². The van der Waals surface area contributed by atoms with Crippen LogP contribution in [-0.4, -0.2) is 49.8 Å². The molecule has 6 nitrogen and oxygen atoms in total. The predicted molar refractivity (Wildman–Crippen MR) is 54.2 cm³/mol. The maximum atomic E-state index is 11.2. The zero-order valence-corrected chi connectivity index (χ0v) is 8.91. The van der Waals surface area contributed by atoms with E-state index >= 15 is 0 Å². The molecular weight excluding hydrogens is 198 g/mol. The number of hydrogen-bond donors (Lipinski definition) is 2. The number of carbonyl (C=O) groups is 2. The van der Waals surface area contributed by atoms with E-state index in [1.54, 1.807) is 6.92 Å². The zero-order valence-electron chi connectivity index (χ0n) is 8.91. The quantitative estimate of drug-likeness (QED) is 0.666. The summed E-state index contributed by atoms with van der Waals surface area (Å²) in [4.78, 5) is 24.1. The van der Waals surface area contributed by atoms with Crippen LogP contribution in [0, 0.1) is 0 Å². The fourth-order valence-electron chi connectivity index (χ4n) is 1.20. The number of amides is 3. The largest absolute Gasteiger partial charge is 0.379 e. The summed E-state index contributed by atoms with van der Waals surface area (Å²) in [6.45, 7) is 5.15. The van der Waals surface area contributed by atoms with E-state index in [2.05, 4.69) is 15.5 Å². The molecule has 6 heteroatoms. The minimum absolute atomic E-state index is 0.269. The van der Waals surface area contributed by atoms with E-state index in [-0.39, 0.29) is 5.91 Å². The first-order valence-corrected chi connectivity index (χ1v) is 5.10. The second kappa shape index (κ2) is 6.36. The van der Waals surface area contributed by atoms with Crippen LogP contribution >= 0.6 is 0 Å². The second-order valence-corrected chi connectivity index (χ2v) is 3.30. The molecule has 1 heterocycles. The summed E-state index contributed by atoms with van der Waals surface area (Å²) in [7, 11) is 0. The summed E-state index contributed by atoms with van der Waals surface area (Å²) in [5.41, 5.74) is 0. The number of urea groups is 1. The molecule has 15 heavy (non-hydrogen) atoms. The fourth-order valence-corrected chi connectivity index (χ4v) is 1.20. The maximum Gasteiger partial charge on any atom is 0.322 e. The van der Waals surface area contributed by atoms with Crippen LogP contribution in [-0.2, 0) is 9.53 Å². The smallest absolute Gasteiger partial charge is 0.322 e. The zero-order chi connectivity index (χ0) is 11.1. The first kappa shape index (κ1) is 11.9. The maximum absolute atomic E-state index is 11.2. The highest BCUT2D eigenvalue weighted by molar-refractivity contribution is 5.94. The van der Waals surface area contributed by atoms with Gasteiger partial charge in [0.15, 0.2) is 0 Å². The van der Waals surface area contributed by atoms with Gasteiger partial charge in [0.2, 0.25) is 5.91 Å². The number of imide groups is 1. The summed E-state index contributed by atoms with van der Waals surface area (Å²) < 4.78 is 5.16. The molecule has 3 amide bonds. The standard InChI is InChI=1S/C9H17N3O3/c1-2-8(13)11-9(14)10-7-12-3-5-15-6-4-12/h2-7H2,1H3,(H2,10,11,13,14). The molecule has 1 aliphatic rings. The molecule has 0 aromatic heterocycles. The Morgan fingerprint density at radius 2 is 2.00 bits per heavy atom. The van der Waals surface area contributed by atoms with E-state index in [9.17, 15) is 9.59 Å². The highest BCUT2D eigenvalue weighted by Crippen LogP contribution is 1.93. The fraction of sp³-hybridized carbons (Fsp3) is 0.778. The Kier molecular flexibility index (Phi) is 5.06. The third-order valence-corrected chi connectivity index (χ3v) is 2.14. The third-order valence-electron chi connectivity index (χ3n) is 2.14. The number of nitrogens with zero attached hydrogens (tertiary/aromatic N) is 1. The van der Waals surface area contributed by atoms with Gasteiger partial charge in [0, 0.05) is 19.5 Å². The van der Waals surface area contributed by atoms with E-state index in [1.807, 2.05) is 0 Å². The van der Waals surface area contributed by atoms with Crippen molar-refractivity contribution in [2.45, 2.75) is 13.3 Å². The summed E-state index contributed by atoms with van der Waals surface area (Å²) in [5, 5.41) is 4.84. The number of hydrogen-bond acceptors (Lipinski definition) is 4. The monoisotopic (exact) mass is 215 g/mol. The molecule has 1 aliphatic heterocycles. The van der Waals surface area contributed by atoms with Crippen molar-refractivity contribution in [2.24, 2.45) is 0 Å². The number of nitrogens with one attached hydrogen (secondary N) is 2. The van der Waals surface area contributed by atoms with Crippen LogP contribution in [0.5, 0.6) is 0 Å². The molecule has 0 radical (unpaired) electrons. The highest BCUT2D eigenvalue weighted by Gasteiger charge is 2.11. The molecule has 0 bridgehead atoms. The first-order chi connectivity index (χ1) is 7.22. The van der Waals surface area contributed by atoms with E-state index in [0.717, 1.165) is 13.1 Å². The Hall–Kier alpha value is -1.14. The average molecular weight is 215 g/mol. The molecule has 86 valence electrons. The van der Waals surface area contributed by atoms with E-state index in [0.29, 0.717) is 26.3 Å². The van der Waals surface area contributed by atoms with E-state index in [4.69, 9.17) is 4.74 Å². The lowest BCUT2D eigenvalue weighted by Gasteiger charge is -2.26. The van der Waals surface area contributed by atoms with Crippen LogP contribution in [0.25, 0.3) is 0 Å². The van der Waals surface area contributed by atoms with Crippen molar-refractivity contribution in [2.75, 3.05) is 33.0 Å². The molecule has 0 aliphatic carbocycles. The Labute approximate surface area is 88.9 Å². The van der Waals surface area contributed by atoms with Gasteiger partial charge in [-0.1, -0.05) is 6.92 Å². The molecule has 0 aromatic rings. The predicted octanol–water partition coefficient (Wildman–Crippen LogP) is -0.488. The summed E-state index contributed by atoms with van der Waals surface area (Å²) in [6, 6.07) is -0.437. The van der Waals surface area contributed by atoms with Crippen molar-refractivity contribution in [1.82, 2.24) is 15.5 Å². The SMILES string of the molecule is CCC(=O)NC(=O)NCN1CCOCC1. The lowest BCUT2D eigenvalue weighted by molar-refractivity contribution is -0.119. The molecule has 0 saturated carbocycles. The normalized spacial score (nSPS) is 17.1. The Morgan fingerprint density at radius 3 is 2.60 bits per heavy atom. The summed E-state index contributed by atoms with van der Waals surface area (Å²) >= 11 is 0. The third kappa shape index (κ3) is 4.75. The van der Waals surface area contributed by atoms with E-state index < -0.39 is 6.03 Å². The lowest BCUT2D eigenvalue weighted by atomic mass is 10.4. The van der Waals surface area contributed by atoms with Crippen LogP contribution < -0.4 is 10.6 Å². The minimum Gasteiger partial charge on any atom is -0.379 e. The van der Waals surface area contributed by atoms with Crippen molar-refractivity contribution in [3.63, 3.8) is 0 Å². The summed E-state index contributed by atoms with van der Waals surface area (Å²) in [5.74, 6) is -0.269. The molecular formula is C9H17N3O3. The molecule has 1 fully saturated rings. The van der Waals surface area contributed by atoms with Gasteiger partial charge in [0.25, 0.3) is 0 Å².